The van der Waals surface area contributed by atoms with Crippen molar-refractivity contribution in [3.05, 3.63) is 48.7 Å². The molecule has 2 aliphatic rings. The Morgan fingerprint density at radius 1 is 0.781 bits per heavy atom. The fourth-order valence-corrected chi connectivity index (χ4v) is 4.43. The van der Waals surface area contributed by atoms with E-state index in [9.17, 15) is 0 Å². The highest BCUT2D eigenvalue weighted by atomic mass is 32.2. The zero-order valence-electron chi connectivity index (χ0n) is 18.2. The number of morpholine rings is 1. The van der Waals surface area contributed by atoms with Crippen LogP contribution in [0.15, 0.2) is 53.6 Å². The van der Waals surface area contributed by atoms with E-state index >= 15 is 0 Å². The Morgan fingerprint density at radius 3 is 2.19 bits per heavy atom. The molecule has 5 rings (SSSR count). The van der Waals surface area contributed by atoms with Crippen LogP contribution in [-0.4, -0.2) is 78.7 Å². The molecule has 0 N–H and O–H groups in total. The Kier molecular flexibility index (Phi) is 6.36. The van der Waals surface area contributed by atoms with Crippen LogP contribution < -0.4 is 14.7 Å². The van der Waals surface area contributed by atoms with Crippen LogP contribution in [0.2, 0.25) is 0 Å². The second-order valence-corrected chi connectivity index (χ2v) is 8.63. The first-order valence-corrected chi connectivity index (χ1v) is 12.2. The maximum absolute atomic E-state index is 5.53. The summed E-state index contributed by atoms with van der Waals surface area (Å²) in [5, 5.41) is 0. The molecule has 2 aromatic heterocycles. The highest BCUT2D eigenvalue weighted by molar-refractivity contribution is 7.98. The normalized spacial score (nSPS) is 17.0. The minimum Gasteiger partial charge on any atom is -0.378 e. The Bertz CT molecular complexity index is 1040. The fourth-order valence-electron chi connectivity index (χ4n) is 3.97. The molecular weight excluding hydrogens is 422 g/mol. The summed E-state index contributed by atoms with van der Waals surface area (Å²) in [6, 6.07) is 14.4. The molecule has 0 unspecified atom stereocenters. The molecule has 0 saturated carbocycles. The standard InChI is InChI=1S/C23H27N7OS/c1-32-19-6-4-5-18(17-19)21-25-22(27-23(26-21)30-13-15-31-16-14-30)29-11-9-28(10-12-29)20-7-2-3-8-24-20/h2-8,17H,9-16H2,1H3. The first-order valence-electron chi connectivity index (χ1n) is 10.9. The largest absolute Gasteiger partial charge is 0.378 e. The lowest BCUT2D eigenvalue weighted by molar-refractivity contribution is 0.122. The first kappa shape index (κ1) is 21.0. The number of anilines is 3. The highest BCUT2D eigenvalue weighted by Gasteiger charge is 2.23. The summed E-state index contributed by atoms with van der Waals surface area (Å²) >= 11 is 1.72. The number of hydrogen-bond donors (Lipinski definition) is 0. The van der Waals surface area contributed by atoms with Crippen LogP contribution in [0.1, 0.15) is 0 Å². The van der Waals surface area contributed by atoms with E-state index in [1.165, 1.54) is 4.90 Å². The van der Waals surface area contributed by atoms with Crippen LogP contribution in [0.4, 0.5) is 17.7 Å². The van der Waals surface area contributed by atoms with Crippen molar-refractivity contribution in [2.24, 2.45) is 0 Å². The number of rotatable bonds is 5. The third-order valence-corrected chi connectivity index (χ3v) is 6.49. The van der Waals surface area contributed by atoms with Crippen molar-refractivity contribution >= 4 is 29.5 Å². The number of piperazine rings is 1. The highest BCUT2D eigenvalue weighted by Crippen LogP contribution is 2.26. The van der Waals surface area contributed by atoms with Gasteiger partial charge in [0.1, 0.15) is 5.82 Å². The number of pyridine rings is 1. The van der Waals surface area contributed by atoms with Gasteiger partial charge in [0.2, 0.25) is 11.9 Å². The van der Waals surface area contributed by atoms with Gasteiger partial charge in [0.25, 0.3) is 0 Å². The number of aromatic nitrogens is 4. The van der Waals surface area contributed by atoms with Gasteiger partial charge in [-0.1, -0.05) is 18.2 Å². The van der Waals surface area contributed by atoms with Crippen molar-refractivity contribution < 1.29 is 4.74 Å². The maximum atomic E-state index is 5.53. The van der Waals surface area contributed by atoms with E-state index in [-0.39, 0.29) is 0 Å². The summed E-state index contributed by atoms with van der Waals surface area (Å²) < 4.78 is 5.53. The minimum absolute atomic E-state index is 0.695. The topological polar surface area (TPSA) is 70.5 Å². The van der Waals surface area contributed by atoms with Gasteiger partial charge in [0.15, 0.2) is 5.82 Å². The second-order valence-electron chi connectivity index (χ2n) is 7.75. The maximum Gasteiger partial charge on any atom is 0.230 e. The van der Waals surface area contributed by atoms with E-state index in [4.69, 9.17) is 19.7 Å². The average Bonchev–Trinajstić information content (AvgIpc) is 2.89. The molecule has 2 fully saturated rings. The van der Waals surface area contributed by atoms with Gasteiger partial charge in [-0.15, -0.1) is 11.8 Å². The number of benzene rings is 1. The van der Waals surface area contributed by atoms with Gasteiger partial charge in [-0.25, -0.2) is 4.98 Å². The molecule has 4 heterocycles. The van der Waals surface area contributed by atoms with Gasteiger partial charge in [0, 0.05) is 55.9 Å². The van der Waals surface area contributed by atoms with Crippen LogP contribution in [0.25, 0.3) is 11.4 Å². The zero-order valence-corrected chi connectivity index (χ0v) is 19.0. The van der Waals surface area contributed by atoms with Crippen LogP contribution in [0.5, 0.6) is 0 Å². The molecule has 8 nitrogen and oxygen atoms in total. The molecule has 32 heavy (non-hydrogen) atoms. The van der Waals surface area contributed by atoms with Crippen LogP contribution >= 0.6 is 11.8 Å². The van der Waals surface area contributed by atoms with E-state index in [0.717, 1.165) is 68.4 Å². The van der Waals surface area contributed by atoms with Crippen molar-refractivity contribution in [1.82, 2.24) is 19.9 Å². The Morgan fingerprint density at radius 2 is 1.50 bits per heavy atom. The van der Waals surface area contributed by atoms with Gasteiger partial charge in [-0.05, 0) is 30.5 Å². The summed E-state index contributed by atoms with van der Waals surface area (Å²) in [6.07, 6.45) is 3.93. The molecular formula is C23H27N7OS. The Balaban J connectivity index is 1.43. The first-order chi connectivity index (χ1) is 15.8. The summed E-state index contributed by atoms with van der Waals surface area (Å²) in [6.45, 7) is 6.42. The summed E-state index contributed by atoms with van der Waals surface area (Å²) in [7, 11) is 0. The van der Waals surface area contributed by atoms with E-state index in [1.807, 2.05) is 18.3 Å². The van der Waals surface area contributed by atoms with Crippen molar-refractivity contribution in [1.29, 1.82) is 0 Å². The molecule has 1 aromatic carbocycles. The molecule has 0 spiro atoms. The SMILES string of the molecule is CSc1cccc(-c2nc(N3CCOCC3)nc(N3CCN(c4ccccn4)CC3)n2)c1. The van der Waals surface area contributed by atoms with Crippen molar-refractivity contribution in [3.63, 3.8) is 0 Å². The molecule has 9 heteroatoms. The lowest BCUT2D eigenvalue weighted by Crippen LogP contribution is -2.47. The molecule has 0 aliphatic carbocycles. The van der Waals surface area contributed by atoms with E-state index in [2.05, 4.69) is 56.3 Å². The summed E-state index contributed by atoms with van der Waals surface area (Å²) in [5.41, 5.74) is 1.02. The third-order valence-electron chi connectivity index (χ3n) is 5.77. The zero-order chi connectivity index (χ0) is 21.8. The number of hydrogen-bond acceptors (Lipinski definition) is 9. The van der Waals surface area contributed by atoms with Gasteiger partial charge >= 0.3 is 0 Å². The molecule has 2 saturated heterocycles. The van der Waals surface area contributed by atoms with E-state index < -0.39 is 0 Å². The molecule has 0 bridgehead atoms. The predicted molar refractivity (Wildman–Crippen MR) is 129 cm³/mol. The molecule has 0 radical (unpaired) electrons. The van der Waals surface area contributed by atoms with Crippen molar-refractivity contribution in [2.75, 3.05) is 73.4 Å². The Hall–Kier alpha value is -2.91. The number of ether oxygens (including phenoxy) is 1. The smallest absolute Gasteiger partial charge is 0.230 e. The van der Waals surface area contributed by atoms with E-state index in [1.54, 1.807) is 11.8 Å². The summed E-state index contributed by atoms with van der Waals surface area (Å²) in [4.78, 5) is 27.1. The minimum atomic E-state index is 0.695. The molecule has 0 atom stereocenters. The number of nitrogens with zero attached hydrogens (tertiary/aromatic N) is 7. The lowest BCUT2D eigenvalue weighted by atomic mass is 10.2. The average molecular weight is 450 g/mol. The third kappa shape index (κ3) is 4.63. The van der Waals surface area contributed by atoms with E-state index in [0.29, 0.717) is 13.2 Å². The van der Waals surface area contributed by atoms with Crippen molar-refractivity contribution in [2.45, 2.75) is 4.90 Å². The molecule has 166 valence electrons. The molecule has 2 aliphatic heterocycles. The molecule has 3 aromatic rings. The van der Waals surface area contributed by atoms with Gasteiger partial charge in [0.05, 0.1) is 13.2 Å². The monoisotopic (exact) mass is 449 g/mol. The second kappa shape index (κ2) is 9.70. The van der Waals surface area contributed by atoms with Crippen LogP contribution in [0.3, 0.4) is 0 Å². The summed E-state index contributed by atoms with van der Waals surface area (Å²) in [5.74, 6) is 3.22. The predicted octanol–water partition coefficient (Wildman–Crippen LogP) is 2.82. The van der Waals surface area contributed by atoms with Crippen LogP contribution in [-0.2, 0) is 4.74 Å². The van der Waals surface area contributed by atoms with Gasteiger partial charge in [-0.3, -0.25) is 0 Å². The fraction of sp³-hybridized carbons (Fsp3) is 0.391. The quantitative estimate of drug-likeness (QED) is 0.547. The lowest BCUT2D eigenvalue weighted by Gasteiger charge is -2.36. The Labute approximate surface area is 192 Å². The van der Waals surface area contributed by atoms with Gasteiger partial charge < -0.3 is 19.4 Å². The van der Waals surface area contributed by atoms with Crippen molar-refractivity contribution in [3.8, 4) is 11.4 Å². The van der Waals surface area contributed by atoms with Crippen LogP contribution in [0, 0.1) is 0 Å². The molecule has 0 amide bonds. The number of thioether (sulfide) groups is 1. The van der Waals surface area contributed by atoms with Gasteiger partial charge in [-0.2, -0.15) is 15.0 Å².